The van der Waals surface area contributed by atoms with Crippen LogP contribution in [0, 0.1) is 6.92 Å². The molecule has 6 aromatic rings. The van der Waals surface area contributed by atoms with Crippen molar-refractivity contribution in [1.82, 2.24) is 29.6 Å². The molecule has 4 heterocycles. The smallest absolute Gasteiger partial charge is 0.410 e. The van der Waals surface area contributed by atoms with Crippen molar-refractivity contribution in [3.63, 3.8) is 0 Å². The van der Waals surface area contributed by atoms with Crippen molar-refractivity contribution in [2.24, 2.45) is 0 Å². The minimum atomic E-state index is -4.34. The lowest BCUT2D eigenvalue weighted by atomic mass is 10.0. The fourth-order valence-electron chi connectivity index (χ4n) is 7.51. The number of ether oxygens (including phenoxy) is 2. The van der Waals surface area contributed by atoms with E-state index >= 15 is 0 Å². The number of benzene rings is 4. The molecular weight excluding hydrogens is 915 g/mol. The second-order valence-corrected chi connectivity index (χ2v) is 18.2. The monoisotopic (exact) mass is 964 g/mol. The molecule has 0 bridgehead atoms. The average molecular weight is 965 g/mol. The van der Waals surface area contributed by atoms with Gasteiger partial charge in [-0.3, -0.25) is 9.80 Å². The van der Waals surface area contributed by atoms with Gasteiger partial charge in [-0.1, -0.05) is 48.5 Å². The molecule has 0 aliphatic carbocycles. The highest BCUT2D eigenvalue weighted by molar-refractivity contribution is 7.09. The molecule has 0 radical (unpaired) electrons. The Labute approximate surface area is 393 Å². The van der Waals surface area contributed by atoms with Gasteiger partial charge in [0.25, 0.3) is 0 Å². The lowest BCUT2D eigenvalue weighted by Crippen LogP contribution is -2.49. The molecule has 2 amide bonds. The van der Waals surface area contributed by atoms with E-state index in [2.05, 4.69) is 25.1 Å². The van der Waals surface area contributed by atoms with Crippen LogP contribution in [0.3, 0.4) is 0 Å². The van der Waals surface area contributed by atoms with Crippen molar-refractivity contribution in [2.45, 2.75) is 45.0 Å². The van der Waals surface area contributed by atoms with Gasteiger partial charge in [0.15, 0.2) is 0 Å². The molecule has 0 unspecified atom stereocenters. The Morgan fingerprint density at radius 1 is 0.567 bits per heavy atom. The van der Waals surface area contributed by atoms with Crippen LogP contribution in [-0.2, 0) is 38.0 Å². The number of carbonyl (C=O) groups is 2. The third-order valence-electron chi connectivity index (χ3n) is 11.4. The maximum absolute atomic E-state index is 12.7. The van der Waals surface area contributed by atoms with E-state index < -0.39 is 23.5 Å². The zero-order valence-corrected chi connectivity index (χ0v) is 38.4. The second-order valence-electron chi connectivity index (χ2n) is 16.2. The van der Waals surface area contributed by atoms with Gasteiger partial charge in [-0.25, -0.2) is 19.6 Å². The molecule has 67 heavy (non-hydrogen) atoms. The fraction of sp³-hybridized carbons (Fsp3) is 0.347. The number of aromatic nitrogens is 2. The third kappa shape index (κ3) is 15.1. The quantitative estimate of drug-likeness (QED) is 0.112. The van der Waals surface area contributed by atoms with Crippen molar-refractivity contribution >= 4 is 34.9 Å². The normalized spacial score (nSPS) is 14.9. The standard InChI is InChI=1S/C25H26F3N3O2S.C24H24F3N3O2S/c1-18-29-22(17-34-18)10-11-30-12-14-31(15-13-30)24(32)33-23-8-4-20(5-9-23)16-19-2-6-21(7-3-19)25(26,27)28;25-24(26,27)20-5-1-18(2-6-20)17-19-3-7-21(8-4-19)32-23(31)30-14-12-29(13-15-30)11-9-22-28-10-16-33-22/h2-9,17H,10-16H2,1H3;1-8,10,16H,9,11-15,17H2. The molecule has 2 saturated heterocycles. The van der Waals surface area contributed by atoms with Gasteiger partial charge in [-0.05, 0) is 90.6 Å². The first kappa shape index (κ1) is 49.1. The maximum Gasteiger partial charge on any atom is 0.416 e. The molecule has 2 aromatic heterocycles. The second kappa shape index (κ2) is 22.8. The van der Waals surface area contributed by atoms with Gasteiger partial charge in [0.05, 0.1) is 26.8 Å². The largest absolute Gasteiger partial charge is 0.416 e. The van der Waals surface area contributed by atoms with Crippen LogP contribution in [0.2, 0.25) is 0 Å². The Morgan fingerprint density at radius 3 is 1.33 bits per heavy atom. The van der Waals surface area contributed by atoms with Crippen LogP contribution in [0.4, 0.5) is 35.9 Å². The number of amides is 2. The number of nitrogens with zero attached hydrogens (tertiary/aromatic N) is 6. The topological polar surface area (TPSA) is 91.3 Å². The molecule has 0 atom stereocenters. The predicted octanol–water partition coefficient (Wildman–Crippen LogP) is 10.5. The summed E-state index contributed by atoms with van der Waals surface area (Å²) in [5.74, 6) is 0.893. The van der Waals surface area contributed by atoms with Gasteiger partial charge < -0.3 is 19.3 Å². The van der Waals surface area contributed by atoms with E-state index in [1.165, 1.54) is 24.3 Å². The van der Waals surface area contributed by atoms with Crippen molar-refractivity contribution in [3.05, 3.63) is 163 Å². The molecule has 8 rings (SSSR count). The number of rotatable bonds is 12. The Kier molecular flexibility index (Phi) is 16.7. The molecule has 18 heteroatoms. The molecule has 354 valence electrons. The first-order chi connectivity index (χ1) is 32.1. The van der Waals surface area contributed by atoms with Gasteiger partial charge in [-0.2, -0.15) is 26.3 Å². The number of halogens is 6. The zero-order valence-electron chi connectivity index (χ0n) is 36.8. The lowest BCUT2D eigenvalue weighted by molar-refractivity contribution is -0.138. The molecule has 4 aromatic carbocycles. The minimum Gasteiger partial charge on any atom is -0.410 e. The molecule has 0 saturated carbocycles. The Hall–Kier alpha value is -5.82. The number of hydrogen-bond acceptors (Lipinski definition) is 10. The highest BCUT2D eigenvalue weighted by Crippen LogP contribution is 2.31. The van der Waals surface area contributed by atoms with Crippen molar-refractivity contribution in [2.75, 3.05) is 65.4 Å². The van der Waals surface area contributed by atoms with Gasteiger partial charge in [0.2, 0.25) is 0 Å². The molecule has 2 aliphatic heterocycles. The third-order valence-corrected chi connectivity index (χ3v) is 13.0. The van der Waals surface area contributed by atoms with Crippen molar-refractivity contribution in [1.29, 1.82) is 0 Å². The molecular formula is C49H50F6N6O4S2. The number of hydrogen-bond donors (Lipinski definition) is 0. The van der Waals surface area contributed by atoms with E-state index in [1.54, 1.807) is 56.7 Å². The summed E-state index contributed by atoms with van der Waals surface area (Å²) in [4.78, 5) is 41.9. The highest BCUT2D eigenvalue weighted by Gasteiger charge is 2.31. The van der Waals surface area contributed by atoms with Crippen LogP contribution in [0.25, 0.3) is 0 Å². The molecule has 10 nitrogen and oxygen atoms in total. The minimum absolute atomic E-state index is 0.370. The molecule has 0 spiro atoms. The number of carbonyl (C=O) groups excluding carboxylic acids is 2. The van der Waals surface area contributed by atoms with Crippen LogP contribution in [-0.4, -0.2) is 107 Å². The van der Waals surface area contributed by atoms with Crippen molar-refractivity contribution < 1.29 is 45.4 Å². The first-order valence-corrected chi connectivity index (χ1v) is 23.6. The maximum atomic E-state index is 12.7. The summed E-state index contributed by atoms with van der Waals surface area (Å²) in [7, 11) is 0. The van der Waals surface area contributed by atoms with E-state index in [1.807, 2.05) is 42.8 Å². The van der Waals surface area contributed by atoms with Crippen LogP contribution >= 0.6 is 22.7 Å². The Balaban J connectivity index is 0.000000199. The first-order valence-electron chi connectivity index (χ1n) is 21.8. The summed E-state index contributed by atoms with van der Waals surface area (Å²) >= 11 is 3.32. The van der Waals surface area contributed by atoms with Crippen LogP contribution < -0.4 is 9.47 Å². The summed E-state index contributed by atoms with van der Waals surface area (Å²) in [6.07, 6.45) is -4.78. The number of thiazole rings is 2. The Bertz CT molecular complexity index is 2470. The number of aryl methyl sites for hydroxylation is 1. The summed E-state index contributed by atoms with van der Waals surface area (Å²) in [6.45, 7) is 9.50. The van der Waals surface area contributed by atoms with Crippen molar-refractivity contribution in [3.8, 4) is 11.5 Å². The molecule has 0 N–H and O–H groups in total. The van der Waals surface area contributed by atoms with E-state index in [4.69, 9.17) is 9.47 Å². The van der Waals surface area contributed by atoms with Crippen LogP contribution in [0.1, 0.15) is 49.1 Å². The van der Waals surface area contributed by atoms with E-state index in [0.717, 1.165) is 114 Å². The number of piperazine rings is 2. The summed E-state index contributed by atoms with van der Waals surface area (Å²) in [5, 5.41) is 6.27. The SMILES string of the molecule is Cc1nc(CCN2CCN(C(=O)Oc3ccc(Cc4ccc(C(F)(F)F)cc4)cc3)CC2)cs1.O=C(Oc1ccc(Cc2ccc(C(F)(F)F)cc2)cc1)N1CCN(CCc2nccs2)CC1. The lowest BCUT2D eigenvalue weighted by Gasteiger charge is -2.33. The highest BCUT2D eigenvalue weighted by atomic mass is 32.1. The van der Waals surface area contributed by atoms with Gasteiger partial charge in [0.1, 0.15) is 11.5 Å². The van der Waals surface area contributed by atoms with Gasteiger partial charge in [-0.15, -0.1) is 22.7 Å². The van der Waals surface area contributed by atoms with E-state index in [9.17, 15) is 35.9 Å². The molecule has 2 fully saturated rings. The molecule has 2 aliphatic rings. The van der Waals surface area contributed by atoms with Crippen LogP contribution in [0.5, 0.6) is 11.5 Å². The zero-order chi connectivity index (χ0) is 47.4. The van der Waals surface area contributed by atoms with Gasteiger partial charge in [0, 0.05) is 95.2 Å². The summed E-state index contributed by atoms with van der Waals surface area (Å²) < 4.78 is 87.2. The Morgan fingerprint density at radius 2 is 0.970 bits per heavy atom. The predicted molar refractivity (Wildman–Crippen MR) is 246 cm³/mol. The number of alkyl halides is 6. The summed E-state index contributed by atoms with van der Waals surface area (Å²) in [5.41, 5.74) is 3.20. The summed E-state index contributed by atoms with van der Waals surface area (Å²) in [6, 6.07) is 24.4. The average Bonchev–Trinajstić information content (AvgIpc) is 4.01. The van der Waals surface area contributed by atoms with Crippen LogP contribution in [0.15, 0.2) is 114 Å². The fourth-order valence-corrected chi connectivity index (χ4v) is 8.77. The van der Waals surface area contributed by atoms with E-state index in [0.29, 0.717) is 50.5 Å². The van der Waals surface area contributed by atoms with E-state index in [-0.39, 0.29) is 12.2 Å². The van der Waals surface area contributed by atoms with Gasteiger partial charge >= 0.3 is 24.5 Å².